The first kappa shape index (κ1) is 19.0. The summed E-state index contributed by atoms with van der Waals surface area (Å²) in [6.45, 7) is 7.40. The van der Waals surface area contributed by atoms with Gasteiger partial charge in [-0.05, 0) is 44.7 Å². The fourth-order valence-corrected chi connectivity index (χ4v) is 3.15. The molecule has 136 valence electrons. The monoisotopic (exact) mass is 366 g/mol. The number of hydrogen-bond acceptors (Lipinski definition) is 7. The van der Waals surface area contributed by atoms with Gasteiger partial charge in [0, 0.05) is 18.0 Å². The van der Waals surface area contributed by atoms with Crippen LogP contribution in [0, 0.1) is 0 Å². The summed E-state index contributed by atoms with van der Waals surface area (Å²) in [4.78, 5) is 29.9. The van der Waals surface area contributed by atoms with Crippen molar-refractivity contribution in [1.82, 2.24) is 4.57 Å². The highest BCUT2D eigenvalue weighted by Crippen LogP contribution is 2.28. The second kappa shape index (κ2) is 7.69. The molecule has 0 spiro atoms. The lowest BCUT2D eigenvalue weighted by atomic mass is 10.1. The highest BCUT2D eigenvalue weighted by Gasteiger charge is 2.23. The Labute approximate surface area is 150 Å². The van der Waals surface area contributed by atoms with Crippen LogP contribution in [0.25, 0.3) is 10.2 Å². The fourth-order valence-electron chi connectivity index (χ4n) is 2.25. The van der Waals surface area contributed by atoms with Crippen LogP contribution in [0.15, 0.2) is 22.8 Å². The van der Waals surface area contributed by atoms with Crippen molar-refractivity contribution in [2.24, 2.45) is 5.16 Å². The normalized spacial score (nSPS) is 12.3. The van der Waals surface area contributed by atoms with Crippen LogP contribution in [-0.2, 0) is 25.5 Å². The number of fused-ring (bicyclic) bond motifs is 1. The Hall–Kier alpha value is -2.35. The lowest BCUT2D eigenvalue weighted by molar-refractivity contribution is -0.135. The average Bonchev–Trinajstić information content (AvgIpc) is 3.08. The highest BCUT2D eigenvalue weighted by molar-refractivity contribution is 7.17. The van der Waals surface area contributed by atoms with Crippen LogP contribution in [-0.4, -0.2) is 41.7 Å². The van der Waals surface area contributed by atoms with Gasteiger partial charge in [-0.15, -0.1) is 11.3 Å². The van der Waals surface area contributed by atoms with Crippen molar-refractivity contribution in [2.75, 3.05) is 13.7 Å². The number of hydrogen-bond donors (Lipinski definition) is 0. The van der Waals surface area contributed by atoms with E-state index in [0.717, 1.165) is 15.8 Å². The predicted molar refractivity (Wildman–Crippen MR) is 96.2 cm³/mol. The molecule has 2 rings (SSSR count). The third-order valence-corrected chi connectivity index (χ3v) is 4.07. The van der Waals surface area contributed by atoms with Gasteiger partial charge < -0.3 is 14.3 Å². The summed E-state index contributed by atoms with van der Waals surface area (Å²) < 4.78 is 11.9. The standard InChI is InChI=1S/C17H22N2O5S/c1-6-23-15(20)13(18-22-5)9-11-10-19(14-12(11)7-8-25-14)16(21)24-17(2,3)4/h7-8,10H,6,9H2,1-5H3/b18-13-. The van der Waals surface area contributed by atoms with Gasteiger partial charge in [-0.1, -0.05) is 5.16 Å². The minimum absolute atomic E-state index is 0.138. The molecule has 2 heterocycles. The van der Waals surface area contributed by atoms with Crippen LogP contribution in [0.3, 0.4) is 0 Å². The molecular formula is C17H22N2O5S. The van der Waals surface area contributed by atoms with Gasteiger partial charge >= 0.3 is 12.1 Å². The van der Waals surface area contributed by atoms with Gasteiger partial charge in [0.05, 0.1) is 6.61 Å². The van der Waals surface area contributed by atoms with E-state index in [1.54, 1.807) is 13.1 Å². The summed E-state index contributed by atoms with van der Waals surface area (Å²) >= 11 is 1.42. The molecular weight excluding hydrogens is 344 g/mol. The molecule has 0 aliphatic heterocycles. The zero-order valence-corrected chi connectivity index (χ0v) is 15.8. The number of aromatic nitrogens is 1. The van der Waals surface area contributed by atoms with E-state index < -0.39 is 17.7 Å². The minimum Gasteiger partial charge on any atom is -0.461 e. The Bertz CT molecular complexity index is 798. The van der Waals surface area contributed by atoms with E-state index in [1.165, 1.54) is 23.0 Å². The maximum atomic E-state index is 12.4. The van der Waals surface area contributed by atoms with Gasteiger partial charge in [-0.3, -0.25) is 0 Å². The molecule has 0 amide bonds. The molecule has 0 radical (unpaired) electrons. The van der Waals surface area contributed by atoms with Crippen LogP contribution in [0.1, 0.15) is 33.3 Å². The maximum Gasteiger partial charge on any atom is 0.419 e. The van der Waals surface area contributed by atoms with Crippen molar-refractivity contribution >= 4 is 39.3 Å². The first-order valence-electron chi connectivity index (χ1n) is 7.84. The van der Waals surface area contributed by atoms with E-state index in [0.29, 0.717) is 0 Å². The van der Waals surface area contributed by atoms with E-state index in [9.17, 15) is 9.59 Å². The van der Waals surface area contributed by atoms with Crippen LogP contribution in [0.2, 0.25) is 0 Å². The van der Waals surface area contributed by atoms with E-state index in [-0.39, 0.29) is 18.7 Å². The topological polar surface area (TPSA) is 79.1 Å². The predicted octanol–water partition coefficient (Wildman–Crippen LogP) is 3.59. The number of oxime groups is 1. The summed E-state index contributed by atoms with van der Waals surface area (Å²) in [6.07, 6.45) is 1.39. The second-order valence-electron chi connectivity index (χ2n) is 6.26. The third kappa shape index (κ3) is 4.60. The molecule has 0 aromatic carbocycles. The molecule has 0 saturated heterocycles. The van der Waals surface area contributed by atoms with Crippen LogP contribution < -0.4 is 0 Å². The van der Waals surface area contributed by atoms with Gasteiger partial charge in [0.1, 0.15) is 17.5 Å². The zero-order chi connectivity index (χ0) is 18.6. The Morgan fingerprint density at radius 1 is 1.32 bits per heavy atom. The Morgan fingerprint density at radius 2 is 2.04 bits per heavy atom. The number of nitrogens with zero attached hydrogens (tertiary/aromatic N) is 2. The molecule has 8 heteroatoms. The number of carbonyl (C=O) groups is 2. The molecule has 25 heavy (non-hydrogen) atoms. The SMILES string of the molecule is CCOC(=O)/C(Cc1cn(C(=O)OC(C)(C)C)c2sccc12)=N\OC. The molecule has 2 aromatic heterocycles. The molecule has 2 aromatic rings. The molecule has 0 saturated carbocycles. The first-order chi connectivity index (χ1) is 11.8. The molecule has 0 aliphatic carbocycles. The average molecular weight is 366 g/mol. The molecule has 0 bridgehead atoms. The van der Waals surface area contributed by atoms with Crippen molar-refractivity contribution in [3.05, 3.63) is 23.2 Å². The van der Waals surface area contributed by atoms with E-state index >= 15 is 0 Å². The van der Waals surface area contributed by atoms with Gasteiger partial charge in [0.15, 0.2) is 5.71 Å². The lowest BCUT2D eigenvalue weighted by Gasteiger charge is -2.19. The fraction of sp³-hybridized carbons (Fsp3) is 0.471. The first-order valence-corrected chi connectivity index (χ1v) is 8.72. The van der Waals surface area contributed by atoms with Gasteiger partial charge in [-0.2, -0.15) is 0 Å². The van der Waals surface area contributed by atoms with E-state index in [4.69, 9.17) is 14.3 Å². The summed E-state index contributed by atoms with van der Waals surface area (Å²) in [5, 5.41) is 6.51. The summed E-state index contributed by atoms with van der Waals surface area (Å²) in [5.41, 5.74) is 0.309. The molecule has 0 atom stereocenters. The van der Waals surface area contributed by atoms with E-state index in [1.807, 2.05) is 32.2 Å². The van der Waals surface area contributed by atoms with Gasteiger partial charge in [0.25, 0.3) is 0 Å². The van der Waals surface area contributed by atoms with Gasteiger partial charge in [-0.25, -0.2) is 14.2 Å². The van der Waals surface area contributed by atoms with Crippen molar-refractivity contribution in [2.45, 2.75) is 39.7 Å². The molecule has 0 N–H and O–H groups in total. The quantitative estimate of drug-likeness (QED) is 0.459. The highest BCUT2D eigenvalue weighted by atomic mass is 32.1. The third-order valence-electron chi connectivity index (χ3n) is 3.16. The summed E-state index contributed by atoms with van der Waals surface area (Å²) in [6, 6.07) is 1.89. The Morgan fingerprint density at radius 3 is 2.64 bits per heavy atom. The number of ether oxygens (including phenoxy) is 2. The smallest absolute Gasteiger partial charge is 0.419 e. The second-order valence-corrected chi connectivity index (χ2v) is 7.16. The van der Waals surface area contributed by atoms with Crippen LogP contribution in [0.4, 0.5) is 4.79 Å². The number of carbonyl (C=O) groups excluding carboxylic acids is 2. The summed E-state index contributed by atoms with van der Waals surface area (Å²) in [7, 11) is 1.37. The number of rotatable bonds is 5. The molecule has 0 unspecified atom stereocenters. The number of thiophene rings is 1. The van der Waals surface area contributed by atoms with Crippen LogP contribution >= 0.6 is 11.3 Å². The minimum atomic E-state index is -0.599. The Balaban J connectivity index is 2.36. The van der Waals surface area contributed by atoms with Crippen LogP contribution in [0.5, 0.6) is 0 Å². The maximum absolute atomic E-state index is 12.4. The summed E-state index contributed by atoms with van der Waals surface area (Å²) in [5.74, 6) is -0.544. The van der Waals surface area contributed by atoms with Crippen molar-refractivity contribution in [3.63, 3.8) is 0 Å². The van der Waals surface area contributed by atoms with E-state index in [2.05, 4.69) is 5.16 Å². The largest absolute Gasteiger partial charge is 0.461 e. The lowest BCUT2D eigenvalue weighted by Crippen LogP contribution is -2.26. The molecule has 7 nitrogen and oxygen atoms in total. The Kier molecular flexibility index (Phi) is 5.84. The van der Waals surface area contributed by atoms with Crippen molar-refractivity contribution in [3.8, 4) is 0 Å². The number of esters is 1. The van der Waals surface area contributed by atoms with Crippen molar-refractivity contribution < 1.29 is 23.9 Å². The van der Waals surface area contributed by atoms with Gasteiger partial charge in [0.2, 0.25) is 0 Å². The molecule has 0 aliphatic rings. The zero-order valence-electron chi connectivity index (χ0n) is 15.0. The van der Waals surface area contributed by atoms with Crippen molar-refractivity contribution in [1.29, 1.82) is 0 Å². The molecule has 0 fully saturated rings.